The van der Waals surface area contributed by atoms with Crippen LogP contribution < -0.4 is 21.1 Å². The lowest BCUT2D eigenvalue weighted by molar-refractivity contribution is 0.250. The Morgan fingerprint density at radius 3 is 2.38 bits per heavy atom. The summed E-state index contributed by atoms with van der Waals surface area (Å²) in [7, 11) is -3.66. The van der Waals surface area contributed by atoms with Gasteiger partial charge in [-0.3, -0.25) is 0 Å². The summed E-state index contributed by atoms with van der Waals surface area (Å²) in [5.74, 6) is 0.681. The molecule has 0 saturated carbocycles. The Morgan fingerprint density at radius 2 is 1.85 bits per heavy atom. The van der Waals surface area contributed by atoms with Crippen LogP contribution in [0.5, 0.6) is 0 Å². The summed E-state index contributed by atoms with van der Waals surface area (Å²) in [6, 6.07) is 9.76. The molecule has 1 heterocycles. The Kier molecular flexibility index (Phi) is 6.53. The van der Waals surface area contributed by atoms with E-state index in [2.05, 4.69) is 20.9 Å². The third-order valence-electron chi connectivity index (χ3n) is 3.41. The van der Waals surface area contributed by atoms with Gasteiger partial charge in [0.05, 0.1) is 16.8 Å². The van der Waals surface area contributed by atoms with Gasteiger partial charge in [0.25, 0.3) is 0 Å². The normalized spacial score (nSPS) is 11.2. The minimum absolute atomic E-state index is 0.0583. The molecular formula is C17H23N5O3S. The summed E-state index contributed by atoms with van der Waals surface area (Å²) >= 11 is 0. The number of aromatic nitrogens is 1. The first-order valence-corrected chi connectivity index (χ1v) is 9.68. The largest absolute Gasteiger partial charge is 0.370 e. The van der Waals surface area contributed by atoms with Crippen molar-refractivity contribution in [3.8, 4) is 0 Å². The molecule has 0 aliphatic heterocycles. The lowest BCUT2D eigenvalue weighted by Crippen LogP contribution is -2.34. The number of nitrogens with two attached hydrogens (primary N) is 1. The zero-order valence-electron chi connectivity index (χ0n) is 14.7. The fraction of sp³-hybridized carbons (Fsp3) is 0.294. The molecule has 0 saturated heterocycles. The lowest BCUT2D eigenvalue weighted by atomic mass is 10.1. The van der Waals surface area contributed by atoms with Gasteiger partial charge in [0.15, 0.2) is 0 Å². The van der Waals surface area contributed by atoms with E-state index in [0.29, 0.717) is 24.5 Å². The molecule has 5 N–H and O–H groups in total. The molecule has 0 fully saturated rings. The van der Waals surface area contributed by atoms with Crippen molar-refractivity contribution < 1.29 is 13.2 Å². The van der Waals surface area contributed by atoms with E-state index in [1.807, 2.05) is 13.8 Å². The van der Waals surface area contributed by atoms with E-state index in [1.165, 1.54) is 12.1 Å². The van der Waals surface area contributed by atoms with Gasteiger partial charge < -0.3 is 16.0 Å². The predicted octanol–water partition coefficient (Wildman–Crippen LogP) is 1.91. The van der Waals surface area contributed by atoms with E-state index in [4.69, 9.17) is 5.14 Å². The molecule has 0 radical (unpaired) electrons. The second-order valence-corrected chi connectivity index (χ2v) is 7.61. The number of nitrogens with zero attached hydrogens (tertiary/aromatic N) is 1. The van der Waals surface area contributed by atoms with Crippen LogP contribution in [0.15, 0.2) is 47.5 Å². The molecule has 140 valence electrons. The Labute approximate surface area is 153 Å². The summed E-state index contributed by atoms with van der Waals surface area (Å²) in [5.41, 5.74) is 1.58. The maximum absolute atomic E-state index is 11.6. The number of primary sulfonamides is 1. The first kappa shape index (κ1) is 19.7. The molecule has 2 rings (SSSR count). The van der Waals surface area contributed by atoms with E-state index in [-0.39, 0.29) is 17.0 Å². The number of carbonyl (C=O) groups excluding carboxylic acids is 1. The van der Waals surface area contributed by atoms with E-state index in [9.17, 15) is 13.2 Å². The molecule has 0 atom stereocenters. The third-order valence-corrected chi connectivity index (χ3v) is 4.34. The highest BCUT2D eigenvalue weighted by molar-refractivity contribution is 7.89. The van der Waals surface area contributed by atoms with Crippen molar-refractivity contribution in [1.29, 1.82) is 0 Å². The number of hydrogen-bond donors (Lipinski definition) is 4. The Balaban J connectivity index is 1.82. The molecular weight excluding hydrogens is 354 g/mol. The van der Waals surface area contributed by atoms with Gasteiger partial charge in [-0.2, -0.15) is 0 Å². The molecule has 9 heteroatoms. The summed E-state index contributed by atoms with van der Waals surface area (Å²) in [4.78, 5) is 15.9. The van der Waals surface area contributed by atoms with Crippen LogP contribution in [-0.4, -0.2) is 32.0 Å². The number of hydrogen-bond acceptors (Lipinski definition) is 5. The van der Waals surface area contributed by atoms with Crippen molar-refractivity contribution in [2.75, 3.05) is 17.2 Å². The van der Waals surface area contributed by atoms with E-state index in [0.717, 1.165) is 5.56 Å². The number of pyridine rings is 1. The van der Waals surface area contributed by atoms with Crippen molar-refractivity contribution in [2.24, 2.45) is 5.14 Å². The zero-order chi connectivity index (χ0) is 19.2. The standard InChI is InChI=1S/C17H23N5O3S/c1-12(2)21-17(23)22-14-5-8-16(20-11-14)19-10-9-13-3-6-15(7-4-13)26(18,24)25/h3-8,11-12H,9-10H2,1-2H3,(H,19,20)(H2,18,24,25)(H2,21,22,23). The Morgan fingerprint density at radius 1 is 1.15 bits per heavy atom. The van der Waals surface area contributed by atoms with E-state index < -0.39 is 10.0 Å². The van der Waals surface area contributed by atoms with Gasteiger partial charge in [0.1, 0.15) is 5.82 Å². The van der Waals surface area contributed by atoms with Crippen molar-refractivity contribution in [3.63, 3.8) is 0 Å². The van der Waals surface area contributed by atoms with Gasteiger partial charge in [-0.15, -0.1) is 0 Å². The predicted molar refractivity (Wildman–Crippen MR) is 102 cm³/mol. The van der Waals surface area contributed by atoms with Gasteiger partial charge >= 0.3 is 6.03 Å². The highest BCUT2D eigenvalue weighted by atomic mass is 32.2. The minimum atomic E-state index is -3.66. The number of sulfonamides is 1. The van der Waals surface area contributed by atoms with Crippen LogP contribution in [0.4, 0.5) is 16.3 Å². The average molecular weight is 377 g/mol. The number of benzene rings is 1. The molecule has 26 heavy (non-hydrogen) atoms. The molecule has 0 bridgehead atoms. The smallest absolute Gasteiger partial charge is 0.319 e. The van der Waals surface area contributed by atoms with Crippen LogP contribution in [0.25, 0.3) is 0 Å². The second-order valence-electron chi connectivity index (χ2n) is 6.05. The summed E-state index contributed by atoms with van der Waals surface area (Å²) < 4.78 is 22.4. The number of anilines is 2. The van der Waals surface area contributed by atoms with E-state index >= 15 is 0 Å². The molecule has 1 aromatic carbocycles. The molecule has 2 aromatic rings. The molecule has 8 nitrogen and oxygen atoms in total. The number of nitrogens with one attached hydrogen (secondary N) is 3. The van der Waals surface area contributed by atoms with Crippen LogP contribution in [-0.2, 0) is 16.4 Å². The first-order chi connectivity index (χ1) is 12.2. The topological polar surface area (TPSA) is 126 Å². The molecule has 0 spiro atoms. The molecule has 0 aliphatic rings. The quantitative estimate of drug-likeness (QED) is 0.586. The second kappa shape index (κ2) is 8.63. The summed E-state index contributed by atoms with van der Waals surface area (Å²) in [5, 5.41) is 13.7. The molecule has 0 aliphatic carbocycles. The minimum Gasteiger partial charge on any atom is -0.370 e. The van der Waals surface area contributed by atoms with Crippen LogP contribution in [0.1, 0.15) is 19.4 Å². The van der Waals surface area contributed by atoms with Gasteiger partial charge in [-0.1, -0.05) is 12.1 Å². The SMILES string of the molecule is CC(C)NC(=O)Nc1ccc(NCCc2ccc(S(N)(=O)=O)cc2)nc1. The van der Waals surface area contributed by atoms with Crippen LogP contribution in [0.2, 0.25) is 0 Å². The van der Waals surface area contributed by atoms with Gasteiger partial charge in [-0.25, -0.2) is 23.3 Å². The van der Waals surface area contributed by atoms with Crippen LogP contribution >= 0.6 is 0 Å². The fourth-order valence-corrected chi connectivity index (χ4v) is 2.70. The van der Waals surface area contributed by atoms with Crippen molar-refractivity contribution in [1.82, 2.24) is 10.3 Å². The summed E-state index contributed by atoms with van der Waals surface area (Å²) in [6.07, 6.45) is 2.27. The first-order valence-electron chi connectivity index (χ1n) is 8.13. The van der Waals surface area contributed by atoms with Gasteiger partial charge in [0.2, 0.25) is 10.0 Å². The van der Waals surface area contributed by atoms with Gasteiger partial charge in [-0.05, 0) is 50.1 Å². The number of amides is 2. The lowest BCUT2D eigenvalue weighted by Gasteiger charge is -2.10. The Bertz CT molecular complexity index is 834. The fourth-order valence-electron chi connectivity index (χ4n) is 2.18. The molecule has 1 aromatic heterocycles. The van der Waals surface area contributed by atoms with Crippen LogP contribution in [0, 0.1) is 0 Å². The number of rotatable bonds is 7. The van der Waals surface area contributed by atoms with Gasteiger partial charge in [0, 0.05) is 12.6 Å². The summed E-state index contributed by atoms with van der Waals surface area (Å²) in [6.45, 7) is 4.39. The van der Waals surface area contributed by atoms with Crippen molar-refractivity contribution >= 4 is 27.6 Å². The maximum Gasteiger partial charge on any atom is 0.319 e. The highest BCUT2D eigenvalue weighted by Gasteiger charge is 2.07. The Hall–Kier alpha value is -2.65. The number of carbonyl (C=O) groups is 1. The van der Waals surface area contributed by atoms with Crippen LogP contribution in [0.3, 0.4) is 0 Å². The van der Waals surface area contributed by atoms with E-state index in [1.54, 1.807) is 30.5 Å². The van der Waals surface area contributed by atoms with Crippen molar-refractivity contribution in [2.45, 2.75) is 31.2 Å². The average Bonchev–Trinajstić information content (AvgIpc) is 2.55. The van der Waals surface area contributed by atoms with Crippen molar-refractivity contribution in [3.05, 3.63) is 48.2 Å². The monoisotopic (exact) mass is 377 g/mol. The maximum atomic E-state index is 11.6. The third kappa shape index (κ3) is 6.34. The molecule has 2 amide bonds. The number of urea groups is 1. The molecule has 0 unspecified atom stereocenters. The highest BCUT2D eigenvalue weighted by Crippen LogP contribution is 2.11. The zero-order valence-corrected chi connectivity index (χ0v) is 15.5.